The number of likely N-dealkylation sites (tertiary alicyclic amines) is 1. The van der Waals surface area contributed by atoms with Crippen LogP contribution < -0.4 is 11.0 Å². The van der Waals surface area contributed by atoms with Gasteiger partial charge in [-0.3, -0.25) is 9.59 Å². The van der Waals surface area contributed by atoms with Crippen LogP contribution in [0.1, 0.15) is 92.9 Å². The molecule has 240 valence electrons. The van der Waals surface area contributed by atoms with Gasteiger partial charge in [0.1, 0.15) is 5.82 Å². The summed E-state index contributed by atoms with van der Waals surface area (Å²) < 4.78 is 27.3. The average molecular weight is 624 g/mol. The van der Waals surface area contributed by atoms with Gasteiger partial charge in [0.15, 0.2) is 0 Å². The van der Waals surface area contributed by atoms with Crippen LogP contribution in [0.5, 0.6) is 0 Å². The topological polar surface area (TPSA) is 84.5 Å². The van der Waals surface area contributed by atoms with Gasteiger partial charge >= 0.3 is 7.12 Å². The number of nitrogens with zero attached hydrogens (tertiary/aromatic N) is 2. The molecule has 0 radical (unpaired) electrons. The molecule has 2 fully saturated rings. The highest BCUT2D eigenvalue weighted by Gasteiger charge is 2.46. The highest BCUT2D eigenvalue weighted by atomic mass is 19.1. The fraction of sp³-hybridized carbons (Fsp3) is 0.432. The number of hydrogen-bond donors (Lipinski definition) is 1. The molecule has 2 atom stereocenters. The van der Waals surface area contributed by atoms with Crippen LogP contribution in [0, 0.1) is 11.2 Å². The predicted octanol–water partition coefficient (Wildman–Crippen LogP) is 6.39. The molecule has 1 aliphatic heterocycles. The van der Waals surface area contributed by atoms with Crippen molar-refractivity contribution in [3.63, 3.8) is 0 Å². The van der Waals surface area contributed by atoms with Crippen LogP contribution in [0.2, 0.25) is 0 Å². The van der Waals surface area contributed by atoms with E-state index in [1.54, 1.807) is 18.2 Å². The summed E-state index contributed by atoms with van der Waals surface area (Å²) in [6.07, 6.45) is 5.32. The first-order chi connectivity index (χ1) is 22.1. The monoisotopic (exact) mass is 623 g/mol. The molecule has 46 heavy (non-hydrogen) atoms. The Labute approximate surface area is 270 Å². The number of aromatic amines is 1. The third-order valence-electron chi connectivity index (χ3n) is 10.1. The number of nitrogens with one attached hydrogen (secondary N) is 1. The molecule has 1 spiro atoms. The van der Waals surface area contributed by atoms with Crippen molar-refractivity contribution >= 4 is 29.3 Å². The van der Waals surface area contributed by atoms with Gasteiger partial charge in [-0.25, -0.2) is 9.49 Å². The molecule has 2 aliphatic rings. The second-order valence-corrected chi connectivity index (χ2v) is 13.6. The number of aromatic nitrogens is 2. The lowest BCUT2D eigenvalue weighted by Crippen LogP contribution is -2.43. The van der Waals surface area contributed by atoms with Crippen molar-refractivity contribution in [2.24, 2.45) is 5.41 Å². The minimum Gasteiger partial charge on any atom is -0.408 e. The van der Waals surface area contributed by atoms with Crippen molar-refractivity contribution < 1.29 is 18.5 Å². The first-order valence-electron chi connectivity index (χ1n) is 16.5. The van der Waals surface area contributed by atoms with Crippen molar-refractivity contribution in [2.45, 2.75) is 77.7 Å². The summed E-state index contributed by atoms with van der Waals surface area (Å²) in [6, 6.07) is 20.6. The van der Waals surface area contributed by atoms with E-state index in [0.29, 0.717) is 43.1 Å². The van der Waals surface area contributed by atoms with Gasteiger partial charge in [0.2, 0.25) is 0 Å². The summed E-state index contributed by atoms with van der Waals surface area (Å²) in [7, 11) is -0.399. The maximum atomic E-state index is 15.1. The van der Waals surface area contributed by atoms with Crippen molar-refractivity contribution in [3.8, 4) is 0 Å². The minimum atomic E-state index is -0.518. The summed E-state index contributed by atoms with van der Waals surface area (Å²) in [6.45, 7) is 10.1. The molecule has 1 aromatic heterocycles. The Balaban J connectivity index is 1.12. The van der Waals surface area contributed by atoms with E-state index < -0.39 is 12.9 Å². The van der Waals surface area contributed by atoms with Crippen molar-refractivity contribution in [1.29, 1.82) is 0 Å². The molecule has 6 rings (SSSR count). The molecule has 0 bridgehead atoms. The fourth-order valence-corrected chi connectivity index (χ4v) is 7.14. The lowest BCUT2D eigenvalue weighted by atomic mass is 9.76. The highest BCUT2D eigenvalue weighted by Crippen LogP contribution is 2.51. The molecule has 9 heteroatoms. The van der Waals surface area contributed by atoms with Gasteiger partial charge in [-0.05, 0) is 99.0 Å². The quantitative estimate of drug-likeness (QED) is 0.207. The van der Waals surface area contributed by atoms with Gasteiger partial charge in [-0.1, -0.05) is 55.5 Å². The number of fused-ring (bicyclic) bond motifs is 1. The molecule has 2 unspecified atom stereocenters. The number of halogens is 1. The van der Waals surface area contributed by atoms with E-state index in [0.717, 1.165) is 48.5 Å². The number of H-pyrrole nitrogens is 1. The van der Waals surface area contributed by atoms with Crippen molar-refractivity contribution in [3.05, 3.63) is 105 Å². The van der Waals surface area contributed by atoms with Gasteiger partial charge < -0.3 is 14.2 Å². The second kappa shape index (κ2) is 13.1. The zero-order valence-electron chi connectivity index (χ0n) is 27.3. The van der Waals surface area contributed by atoms with Crippen LogP contribution in [0.4, 0.5) is 4.39 Å². The number of carbonyl (C=O) groups is 1. The van der Waals surface area contributed by atoms with Gasteiger partial charge in [-0.2, -0.15) is 5.10 Å². The fourth-order valence-electron chi connectivity index (χ4n) is 7.14. The number of hydrogen-bond acceptors (Lipinski definition) is 5. The molecular formula is C37H43BFN3O4. The smallest absolute Gasteiger partial charge is 0.408 e. The van der Waals surface area contributed by atoms with E-state index >= 15 is 4.39 Å². The van der Waals surface area contributed by atoms with E-state index in [2.05, 4.69) is 55.2 Å². The molecule has 1 N–H and O–H groups in total. The Morgan fingerprint density at radius 1 is 1.09 bits per heavy atom. The normalized spacial score (nSPS) is 19.8. The average Bonchev–Trinajstić information content (AvgIpc) is 3.69. The largest absolute Gasteiger partial charge is 0.494 e. The maximum absolute atomic E-state index is 15.1. The third-order valence-corrected chi connectivity index (χ3v) is 10.1. The second-order valence-electron chi connectivity index (χ2n) is 13.6. The van der Waals surface area contributed by atoms with E-state index in [4.69, 9.17) is 9.31 Å². The third kappa shape index (κ3) is 6.67. The molecule has 7 nitrogen and oxygen atoms in total. The summed E-state index contributed by atoms with van der Waals surface area (Å²) in [5, 5.41) is 8.12. The maximum Gasteiger partial charge on any atom is 0.494 e. The number of benzene rings is 3. The van der Waals surface area contributed by atoms with Crippen LogP contribution in [0.15, 0.2) is 71.5 Å². The van der Waals surface area contributed by atoms with E-state index in [1.807, 2.05) is 30.0 Å². The molecular weight excluding hydrogens is 580 g/mol. The summed E-state index contributed by atoms with van der Waals surface area (Å²) in [5.74, 6) is -0.363. The minimum absolute atomic E-state index is 0.0496. The number of carbonyl (C=O) groups excluding carboxylic acids is 1. The van der Waals surface area contributed by atoms with Gasteiger partial charge in [0, 0.05) is 37.1 Å². The number of amides is 1. The van der Waals surface area contributed by atoms with Crippen molar-refractivity contribution in [2.75, 3.05) is 19.7 Å². The molecule has 3 aromatic carbocycles. The lowest BCUT2D eigenvalue weighted by molar-refractivity contribution is 0.0705. The summed E-state index contributed by atoms with van der Waals surface area (Å²) in [4.78, 5) is 27.7. The summed E-state index contributed by atoms with van der Waals surface area (Å²) in [5.41, 5.74) is 3.38. The molecule has 1 saturated carbocycles. The van der Waals surface area contributed by atoms with E-state index in [9.17, 15) is 9.59 Å². The number of rotatable bonds is 10. The van der Waals surface area contributed by atoms with Gasteiger partial charge in [0.25, 0.3) is 11.5 Å². The first kappa shape index (κ1) is 32.1. The highest BCUT2D eigenvalue weighted by molar-refractivity contribution is 6.61. The molecule has 1 saturated heterocycles. The Bertz CT molecular complexity index is 1770. The Hall–Kier alpha value is -3.82. The van der Waals surface area contributed by atoms with E-state index in [-0.39, 0.29) is 28.0 Å². The van der Waals surface area contributed by atoms with Crippen molar-refractivity contribution in [1.82, 2.24) is 15.1 Å². The lowest BCUT2D eigenvalue weighted by Gasteiger charge is -2.28. The zero-order chi connectivity index (χ0) is 32.5. The zero-order valence-corrected chi connectivity index (χ0v) is 27.3. The van der Waals surface area contributed by atoms with Crippen LogP contribution in [0.25, 0.3) is 10.8 Å². The molecule has 1 amide bonds. The van der Waals surface area contributed by atoms with E-state index in [1.165, 1.54) is 11.6 Å². The van der Waals surface area contributed by atoms with Crippen LogP contribution >= 0.6 is 0 Å². The van der Waals surface area contributed by atoms with Crippen LogP contribution in [-0.4, -0.2) is 53.4 Å². The molecule has 4 aromatic rings. The summed E-state index contributed by atoms with van der Waals surface area (Å²) >= 11 is 0. The first-order valence-corrected chi connectivity index (χ1v) is 16.5. The Kier molecular flexibility index (Phi) is 9.17. The Morgan fingerprint density at radius 2 is 1.85 bits per heavy atom. The van der Waals surface area contributed by atoms with Gasteiger partial charge in [-0.15, -0.1) is 0 Å². The van der Waals surface area contributed by atoms with Crippen LogP contribution in [0.3, 0.4) is 0 Å². The molecule has 1 aliphatic carbocycles. The molecule has 2 heterocycles. The van der Waals surface area contributed by atoms with Gasteiger partial charge in [0.05, 0.1) is 16.6 Å². The Morgan fingerprint density at radius 3 is 2.59 bits per heavy atom. The van der Waals surface area contributed by atoms with Crippen LogP contribution in [-0.2, 0) is 15.7 Å². The SMILES string of the molecule is CCOB(OC(C)(C)CC)c1ccc(C2CCC3(CCN(C(=O)c4cc(Cc5n[nH]c(=O)c6ccccc56)ccc4F)C3)C2)cc1. The predicted molar refractivity (Wildman–Crippen MR) is 180 cm³/mol. The standard InChI is InChI=1S/C37H43BFN3O4/c1-5-36(3,4)46-38(45-6-2)28-14-12-26(13-15-28)27-17-18-37(23-27)19-20-42(24-37)35(44)31-21-25(11-16-32(31)39)22-33-29-9-7-8-10-30(29)34(43)41-40-33/h7-16,21,27H,5-6,17-20,22-24H2,1-4H3,(H,41,43).